The summed E-state index contributed by atoms with van der Waals surface area (Å²) in [4.78, 5) is 11.6. The maximum atomic E-state index is 12.1. The van der Waals surface area contributed by atoms with Gasteiger partial charge in [0.15, 0.2) is 0 Å². The summed E-state index contributed by atoms with van der Waals surface area (Å²) in [6.45, 7) is -2.83. The predicted molar refractivity (Wildman–Crippen MR) is 52.6 cm³/mol. The molecule has 1 spiro atoms. The van der Waals surface area contributed by atoms with Gasteiger partial charge in [-0.05, 0) is 36.6 Å². The van der Waals surface area contributed by atoms with Gasteiger partial charge in [-0.2, -0.15) is 8.78 Å². The van der Waals surface area contributed by atoms with Gasteiger partial charge in [0.25, 0.3) is 0 Å². The van der Waals surface area contributed by atoms with Crippen LogP contribution < -0.4 is 10.1 Å². The number of halogens is 2. The topological polar surface area (TPSA) is 38.3 Å². The van der Waals surface area contributed by atoms with Crippen molar-refractivity contribution in [3.63, 3.8) is 0 Å². The third-order valence-corrected chi connectivity index (χ3v) is 3.16. The highest BCUT2D eigenvalue weighted by Gasteiger charge is 2.56. The molecule has 0 bridgehead atoms. The molecule has 84 valence electrons. The van der Waals surface area contributed by atoms with Crippen molar-refractivity contribution >= 4 is 11.6 Å². The van der Waals surface area contributed by atoms with Crippen molar-refractivity contribution in [1.29, 1.82) is 0 Å². The number of hydrogen-bond donors (Lipinski definition) is 1. The molecule has 1 N–H and O–H groups in total. The lowest BCUT2D eigenvalue weighted by Crippen LogP contribution is -2.18. The number of carbonyl (C=O) groups excluding carboxylic acids is 1. The lowest BCUT2D eigenvalue weighted by atomic mass is 9.98. The Labute approximate surface area is 90.4 Å². The number of hydrogen-bond acceptors (Lipinski definition) is 2. The summed E-state index contributed by atoms with van der Waals surface area (Å²) >= 11 is 0. The first-order valence-electron chi connectivity index (χ1n) is 5.03. The molecule has 0 saturated heterocycles. The van der Waals surface area contributed by atoms with Gasteiger partial charge in [-0.15, -0.1) is 0 Å². The van der Waals surface area contributed by atoms with E-state index in [9.17, 15) is 13.6 Å². The molecule has 16 heavy (non-hydrogen) atoms. The maximum absolute atomic E-state index is 12.1. The normalized spacial score (nSPS) is 19.8. The van der Waals surface area contributed by atoms with Crippen molar-refractivity contribution in [2.75, 3.05) is 5.32 Å². The van der Waals surface area contributed by atoms with Crippen LogP contribution >= 0.6 is 0 Å². The first-order chi connectivity index (χ1) is 7.62. The van der Waals surface area contributed by atoms with E-state index in [1.54, 1.807) is 6.07 Å². The van der Waals surface area contributed by atoms with E-state index >= 15 is 0 Å². The predicted octanol–water partition coefficient (Wildman–Crippen LogP) is 2.27. The van der Waals surface area contributed by atoms with Gasteiger partial charge in [0, 0.05) is 5.69 Å². The minimum absolute atomic E-state index is 0.0308. The van der Waals surface area contributed by atoms with Gasteiger partial charge in [0.1, 0.15) is 5.75 Å². The van der Waals surface area contributed by atoms with E-state index in [1.807, 2.05) is 0 Å². The fourth-order valence-electron chi connectivity index (χ4n) is 2.19. The SMILES string of the molecule is O=C1Nc2ccc(OC(F)F)cc2C12CC2. The quantitative estimate of drug-likeness (QED) is 0.838. The van der Waals surface area contributed by atoms with Crippen molar-refractivity contribution < 1.29 is 18.3 Å². The monoisotopic (exact) mass is 225 g/mol. The highest BCUT2D eigenvalue weighted by atomic mass is 19.3. The molecule has 1 heterocycles. The molecular weight excluding hydrogens is 216 g/mol. The Bertz CT molecular complexity index is 469. The van der Waals surface area contributed by atoms with Crippen LogP contribution in [0, 0.1) is 0 Å². The Hall–Kier alpha value is -1.65. The molecule has 3 nitrogen and oxygen atoms in total. The molecule has 1 saturated carbocycles. The average molecular weight is 225 g/mol. The highest BCUT2D eigenvalue weighted by Crippen LogP contribution is 2.55. The van der Waals surface area contributed by atoms with Crippen LogP contribution in [0.3, 0.4) is 0 Å². The Kier molecular flexibility index (Phi) is 1.75. The fraction of sp³-hybridized carbons (Fsp3) is 0.364. The number of ether oxygens (including phenoxy) is 1. The Morgan fingerprint density at radius 2 is 2.12 bits per heavy atom. The van der Waals surface area contributed by atoms with Gasteiger partial charge in [-0.1, -0.05) is 0 Å². The van der Waals surface area contributed by atoms with Crippen molar-refractivity contribution in [2.24, 2.45) is 0 Å². The number of benzene rings is 1. The van der Waals surface area contributed by atoms with E-state index < -0.39 is 12.0 Å². The van der Waals surface area contributed by atoms with E-state index in [0.717, 1.165) is 18.4 Å². The molecule has 1 aliphatic carbocycles. The summed E-state index contributed by atoms with van der Waals surface area (Å²) in [7, 11) is 0. The largest absolute Gasteiger partial charge is 0.435 e. The molecule has 1 fully saturated rings. The molecule has 1 amide bonds. The van der Waals surface area contributed by atoms with Gasteiger partial charge < -0.3 is 10.1 Å². The van der Waals surface area contributed by atoms with E-state index in [-0.39, 0.29) is 11.7 Å². The minimum atomic E-state index is -2.83. The van der Waals surface area contributed by atoms with Crippen LogP contribution in [0.25, 0.3) is 0 Å². The molecule has 1 aliphatic heterocycles. The number of alkyl halides is 2. The number of amides is 1. The van der Waals surface area contributed by atoms with Crippen molar-refractivity contribution in [1.82, 2.24) is 0 Å². The lowest BCUT2D eigenvalue weighted by molar-refractivity contribution is -0.117. The van der Waals surface area contributed by atoms with Gasteiger partial charge in [-0.25, -0.2) is 0 Å². The zero-order chi connectivity index (χ0) is 11.3. The van der Waals surface area contributed by atoms with Crippen LogP contribution in [0.1, 0.15) is 18.4 Å². The van der Waals surface area contributed by atoms with Gasteiger partial charge in [0.05, 0.1) is 5.41 Å². The summed E-state index contributed by atoms with van der Waals surface area (Å²) in [5.74, 6) is 0.0771. The van der Waals surface area contributed by atoms with Gasteiger partial charge >= 0.3 is 6.61 Å². The molecule has 1 aromatic rings. The van der Waals surface area contributed by atoms with E-state index in [0.29, 0.717) is 5.69 Å². The molecule has 0 radical (unpaired) electrons. The summed E-state index contributed by atoms with van der Waals surface area (Å²) in [5.41, 5.74) is 1.04. The van der Waals surface area contributed by atoms with Crippen LogP contribution in [0.15, 0.2) is 18.2 Å². The second-order valence-corrected chi connectivity index (χ2v) is 4.12. The summed E-state index contributed by atoms with van der Waals surface area (Å²) < 4.78 is 28.4. The highest BCUT2D eigenvalue weighted by molar-refractivity contribution is 6.08. The van der Waals surface area contributed by atoms with E-state index in [4.69, 9.17) is 0 Å². The third kappa shape index (κ3) is 1.20. The smallest absolute Gasteiger partial charge is 0.387 e. The molecule has 3 rings (SSSR count). The van der Waals surface area contributed by atoms with E-state index in [1.165, 1.54) is 12.1 Å². The Morgan fingerprint density at radius 3 is 2.75 bits per heavy atom. The summed E-state index contributed by atoms with van der Waals surface area (Å²) in [6, 6.07) is 4.58. The Balaban J connectivity index is 2.00. The number of nitrogens with one attached hydrogen (secondary N) is 1. The molecule has 1 aromatic carbocycles. The second-order valence-electron chi connectivity index (χ2n) is 4.12. The van der Waals surface area contributed by atoms with Crippen LogP contribution in [0.2, 0.25) is 0 Å². The number of fused-ring (bicyclic) bond motifs is 2. The third-order valence-electron chi connectivity index (χ3n) is 3.16. The van der Waals surface area contributed by atoms with Crippen LogP contribution in [0.5, 0.6) is 5.75 Å². The van der Waals surface area contributed by atoms with E-state index in [2.05, 4.69) is 10.1 Å². The molecular formula is C11H9F2NO2. The van der Waals surface area contributed by atoms with Crippen molar-refractivity contribution in [3.05, 3.63) is 23.8 Å². The van der Waals surface area contributed by atoms with Crippen molar-refractivity contribution in [3.8, 4) is 5.75 Å². The number of carbonyl (C=O) groups is 1. The number of rotatable bonds is 2. The van der Waals surface area contributed by atoms with Crippen LogP contribution in [-0.4, -0.2) is 12.5 Å². The molecule has 0 atom stereocenters. The van der Waals surface area contributed by atoms with Crippen LogP contribution in [-0.2, 0) is 10.2 Å². The first-order valence-corrected chi connectivity index (χ1v) is 5.03. The first kappa shape index (κ1) is 9.57. The fourth-order valence-corrected chi connectivity index (χ4v) is 2.19. The molecule has 5 heteroatoms. The lowest BCUT2D eigenvalue weighted by Gasteiger charge is -2.08. The molecule has 2 aliphatic rings. The summed E-state index contributed by atoms with van der Waals surface area (Å²) in [6.07, 6.45) is 1.56. The Morgan fingerprint density at radius 1 is 1.38 bits per heavy atom. The summed E-state index contributed by atoms with van der Waals surface area (Å²) in [5, 5.41) is 2.75. The number of anilines is 1. The van der Waals surface area contributed by atoms with Crippen molar-refractivity contribution in [2.45, 2.75) is 24.9 Å². The van der Waals surface area contributed by atoms with Gasteiger partial charge in [-0.3, -0.25) is 4.79 Å². The average Bonchev–Trinajstić information content (AvgIpc) is 2.95. The molecule has 0 unspecified atom stereocenters. The minimum Gasteiger partial charge on any atom is -0.435 e. The maximum Gasteiger partial charge on any atom is 0.387 e. The zero-order valence-electron chi connectivity index (χ0n) is 8.30. The molecule has 0 aromatic heterocycles. The van der Waals surface area contributed by atoms with Crippen LogP contribution in [0.4, 0.5) is 14.5 Å². The van der Waals surface area contributed by atoms with Gasteiger partial charge in [0.2, 0.25) is 5.91 Å². The standard InChI is InChI=1S/C11H9F2NO2/c12-10(13)16-6-1-2-8-7(5-6)11(3-4-11)9(15)14-8/h1-2,5,10H,3-4H2,(H,14,15). The second kappa shape index (κ2) is 2.93. The zero-order valence-corrected chi connectivity index (χ0v) is 8.30.